The third-order valence-corrected chi connectivity index (χ3v) is 5.03. The number of amides is 1. The van der Waals surface area contributed by atoms with Gasteiger partial charge in [-0.2, -0.15) is 0 Å². The van der Waals surface area contributed by atoms with Crippen molar-refractivity contribution in [2.45, 2.75) is 13.5 Å². The van der Waals surface area contributed by atoms with Crippen LogP contribution in [0.15, 0.2) is 79.0 Å². The van der Waals surface area contributed by atoms with Gasteiger partial charge in [-0.05, 0) is 67.7 Å². The van der Waals surface area contributed by atoms with Crippen LogP contribution in [0, 0.1) is 6.92 Å². The molecule has 1 N–H and O–H groups in total. The van der Waals surface area contributed by atoms with Crippen LogP contribution in [0.3, 0.4) is 0 Å². The summed E-state index contributed by atoms with van der Waals surface area (Å²) in [7, 11) is 4.12. The molecule has 4 nitrogen and oxygen atoms in total. The van der Waals surface area contributed by atoms with E-state index in [-0.39, 0.29) is 5.91 Å². The number of carbonyl (C=O) groups excluding carboxylic acids is 1. The first-order chi connectivity index (χ1) is 14.5. The second kappa shape index (κ2) is 8.47. The van der Waals surface area contributed by atoms with Gasteiger partial charge in [0.15, 0.2) is 0 Å². The van der Waals surface area contributed by atoms with Crippen LogP contribution in [-0.2, 0) is 6.54 Å². The molecule has 0 saturated heterocycles. The van der Waals surface area contributed by atoms with E-state index in [1.165, 1.54) is 11.1 Å². The van der Waals surface area contributed by atoms with Crippen LogP contribution in [-0.4, -0.2) is 29.9 Å². The number of nitrogens with zero attached hydrogens (tertiary/aromatic N) is 2. The van der Waals surface area contributed by atoms with Crippen molar-refractivity contribution >= 4 is 22.4 Å². The van der Waals surface area contributed by atoms with Gasteiger partial charge in [0.2, 0.25) is 0 Å². The molecule has 4 rings (SSSR count). The van der Waals surface area contributed by atoms with E-state index < -0.39 is 0 Å². The second-order valence-electron chi connectivity index (χ2n) is 7.89. The molecule has 0 aliphatic heterocycles. The predicted molar refractivity (Wildman–Crippen MR) is 124 cm³/mol. The molecular formula is C26H25N3O. The third kappa shape index (κ3) is 4.56. The molecule has 3 aromatic carbocycles. The molecule has 0 spiro atoms. The van der Waals surface area contributed by atoms with Gasteiger partial charge in [-0.1, -0.05) is 48.0 Å². The third-order valence-electron chi connectivity index (χ3n) is 5.03. The lowest BCUT2D eigenvalue weighted by atomic mass is 10.1. The van der Waals surface area contributed by atoms with Gasteiger partial charge in [0.25, 0.3) is 5.91 Å². The molecule has 0 aliphatic rings. The molecule has 0 radical (unpaired) electrons. The van der Waals surface area contributed by atoms with Crippen molar-refractivity contribution in [3.05, 3.63) is 95.7 Å². The normalized spacial score (nSPS) is 11.1. The van der Waals surface area contributed by atoms with Gasteiger partial charge < -0.3 is 10.2 Å². The van der Waals surface area contributed by atoms with Crippen LogP contribution in [0.1, 0.15) is 21.5 Å². The number of hydrogen-bond acceptors (Lipinski definition) is 3. The summed E-state index contributed by atoms with van der Waals surface area (Å²) in [6, 6.07) is 24.3. The number of rotatable bonds is 5. The van der Waals surface area contributed by atoms with Crippen LogP contribution in [0.25, 0.3) is 22.0 Å². The maximum atomic E-state index is 12.7. The summed E-state index contributed by atoms with van der Waals surface area (Å²) in [5.41, 5.74) is 5.67. The number of carbonyl (C=O) groups is 1. The fourth-order valence-electron chi connectivity index (χ4n) is 3.46. The van der Waals surface area contributed by atoms with Crippen molar-refractivity contribution < 1.29 is 4.79 Å². The molecule has 1 aromatic heterocycles. The molecule has 0 atom stereocenters. The number of hydrogen-bond donors (Lipinski definition) is 1. The maximum Gasteiger partial charge on any atom is 0.257 e. The van der Waals surface area contributed by atoms with Crippen LogP contribution in [0.4, 0.5) is 5.69 Å². The number of aromatic nitrogens is 1. The first kappa shape index (κ1) is 19.8. The molecule has 30 heavy (non-hydrogen) atoms. The first-order valence-corrected chi connectivity index (χ1v) is 10.00. The van der Waals surface area contributed by atoms with Crippen molar-refractivity contribution in [1.82, 2.24) is 9.88 Å². The Morgan fingerprint density at radius 1 is 0.900 bits per heavy atom. The van der Waals surface area contributed by atoms with Crippen LogP contribution in [0.2, 0.25) is 0 Å². The minimum atomic E-state index is -0.165. The highest BCUT2D eigenvalue weighted by Gasteiger charge is 2.08. The van der Waals surface area contributed by atoms with Gasteiger partial charge >= 0.3 is 0 Å². The molecular weight excluding hydrogens is 370 g/mol. The predicted octanol–water partition coefficient (Wildman–Crippen LogP) is 5.52. The second-order valence-corrected chi connectivity index (χ2v) is 7.89. The zero-order valence-corrected chi connectivity index (χ0v) is 17.5. The van der Waals surface area contributed by atoms with Crippen molar-refractivity contribution in [2.75, 3.05) is 19.4 Å². The van der Waals surface area contributed by atoms with Crippen molar-refractivity contribution in [3.63, 3.8) is 0 Å². The molecule has 1 heterocycles. The van der Waals surface area contributed by atoms with E-state index in [1.807, 2.05) is 42.5 Å². The lowest BCUT2D eigenvalue weighted by molar-refractivity contribution is 0.102. The van der Waals surface area contributed by atoms with Gasteiger partial charge in [-0.3, -0.25) is 9.78 Å². The standard InChI is InChI=1S/C26H25N3O/c1-18-4-7-20(8-5-18)25-13-11-23(16-27-25)26(30)28-24-12-10-21-14-19(17-29(2)3)6-9-22(21)15-24/h4-16H,17H2,1-3H3,(H,28,30). The molecule has 0 unspecified atom stereocenters. The van der Waals surface area contributed by atoms with E-state index in [2.05, 4.69) is 66.6 Å². The lowest BCUT2D eigenvalue weighted by Gasteiger charge is -2.11. The van der Waals surface area contributed by atoms with Gasteiger partial charge in [0, 0.05) is 24.0 Å². The Bertz CT molecular complexity index is 1180. The lowest BCUT2D eigenvalue weighted by Crippen LogP contribution is -2.12. The Labute approximate surface area is 177 Å². The van der Waals surface area contributed by atoms with Crippen molar-refractivity contribution in [1.29, 1.82) is 0 Å². The molecule has 4 heteroatoms. The topological polar surface area (TPSA) is 45.2 Å². The SMILES string of the molecule is Cc1ccc(-c2ccc(C(=O)Nc3ccc4cc(CN(C)C)ccc4c3)cn2)cc1. The minimum Gasteiger partial charge on any atom is -0.322 e. The minimum absolute atomic E-state index is 0.165. The Morgan fingerprint density at radius 2 is 1.63 bits per heavy atom. The molecule has 0 fully saturated rings. The highest BCUT2D eigenvalue weighted by atomic mass is 16.1. The largest absolute Gasteiger partial charge is 0.322 e. The number of nitrogens with one attached hydrogen (secondary N) is 1. The van der Waals surface area contributed by atoms with E-state index in [9.17, 15) is 4.79 Å². The van der Waals surface area contributed by atoms with E-state index in [0.717, 1.165) is 34.3 Å². The van der Waals surface area contributed by atoms with Crippen molar-refractivity contribution in [2.24, 2.45) is 0 Å². The Hall–Kier alpha value is -3.50. The van der Waals surface area contributed by atoms with Gasteiger partial charge in [-0.15, -0.1) is 0 Å². The number of aryl methyl sites for hydroxylation is 1. The fraction of sp³-hybridized carbons (Fsp3) is 0.154. The highest BCUT2D eigenvalue weighted by molar-refractivity contribution is 6.05. The van der Waals surface area contributed by atoms with E-state index >= 15 is 0 Å². The fourth-order valence-corrected chi connectivity index (χ4v) is 3.46. The van der Waals surface area contributed by atoms with E-state index in [0.29, 0.717) is 5.56 Å². The van der Waals surface area contributed by atoms with Crippen LogP contribution >= 0.6 is 0 Å². The molecule has 0 bridgehead atoms. The van der Waals surface area contributed by atoms with E-state index in [1.54, 1.807) is 6.20 Å². The summed E-state index contributed by atoms with van der Waals surface area (Å²) in [4.78, 5) is 19.3. The molecule has 0 aliphatic carbocycles. The number of benzene rings is 3. The maximum absolute atomic E-state index is 12.7. The summed E-state index contributed by atoms with van der Waals surface area (Å²) < 4.78 is 0. The smallest absolute Gasteiger partial charge is 0.257 e. The summed E-state index contributed by atoms with van der Waals surface area (Å²) in [6.07, 6.45) is 1.62. The summed E-state index contributed by atoms with van der Waals surface area (Å²) in [6.45, 7) is 2.96. The van der Waals surface area contributed by atoms with Crippen LogP contribution < -0.4 is 5.32 Å². The Kier molecular flexibility index (Phi) is 5.59. The van der Waals surface area contributed by atoms with Gasteiger partial charge in [0.05, 0.1) is 11.3 Å². The molecule has 150 valence electrons. The average Bonchev–Trinajstić information content (AvgIpc) is 2.74. The number of anilines is 1. The first-order valence-electron chi connectivity index (χ1n) is 10.00. The van der Waals surface area contributed by atoms with Crippen LogP contribution in [0.5, 0.6) is 0 Å². The Morgan fingerprint density at radius 3 is 2.33 bits per heavy atom. The van der Waals surface area contributed by atoms with Gasteiger partial charge in [-0.25, -0.2) is 0 Å². The Balaban J connectivity index is 1.49. The average molecular weight is 396 g/mol. The van der Waals surface area contributed by atoms with Gasteiger partial charge in [0.1, 0.15) is 0 Å². The number of fused-ring (bicyclic) bond motifs is 1. The zero-order valence-electron chi connectivity index (χ0n) is 17.5. The molecule has 4 aromatic rings. The van der Waals surface area contributed by atoms with Crippen molar-refractivity contribution in [3.8, 4) is 11.3 Å². The quantitative estimate of drug-likeness (QED) is 0.484. The number of pyridine rings is 1. The summed E-state index contributed by atoms with van der Waals surface area (Å²) in [5.74, 6) is -0.165. The summed E-state index contributed by atoms with van der Waals surface area (Å²) >= 11 is 0. The highest BCUT2D eigenvalue weighted by Crippen LogP contribution is 2.22. The zero-order chi connectivity index (χ0) is 21.1. The molecule has 1 amide bonds. The van der Waals surface area contributed by atoms with E-state index in [4.69, 9.17) is 0 Å². The summed E-state index contributed by atoms with van der Waals surface area (Å²) in [5, 5.41) is 5.24. The molecule has 0 saturated carbocycles. The monoisotopic (exact) mass is 395 g/mol.